The molecule has 33 heavy (non-hydrogen) atoms. The molecule has 3 aromatic carbocycles. The van der Waals surface area contributed by atoms with Gasteiger partial charge in [0.1, 0.15) is 0 Å². The maximum Gasteiger partial charge on any atom is 0.251 e. The minimum absolute atomic E-state index is 0.0512. The lowest BCUT2D eigenvalue weighted by molar-refractivity contribution is -0.116. The Hall–Kier alpha value is -4.04. The lowest BCUT2D eigenvalue weighted by Gasteiger charge is -2.19. The molecule has 1 unspecified atom stereocenters. The second-order valence-corrected chi connectivity index (χ2v) is 8.47. The molecule has 0 aliphatic rings. The van der Waals surface area contributed by atoms with Crippen LogP contribution in [0.1, 0.15) is 35.3 Å². The van der Waals surface area contributed by atoms with Gasteiger partial charge in [0, 0.05) is 18.2 Å². The average molecular weight is 459 g/mol. The first-order chi connectivity index (χ1) is 16.0. The van der Waals surface area contributed by atoms with Crippen molar-refractivity contribution in [3.05, 3.63) is 90.0 Å². The molecule has 0 fully saturated rings. The summed E-state index contributed by atoms with van der Waals surface area (Å²) in [6, 6.07) is 23.1. The van der Waals surface area contributed by atoms with E-state index in [1.165, 1.54) is 18.3 Å². The van der Waals surface area contributed by atoms with Gasteiger partial charge >= 0.3 is 0 Å². The molecule has 7 nitrogen and oxygen atoms in total. The highest BCUT2D eigenvalue weighted by Crippen LogP contribution is 2.29. The number of hydrogen-bond acceptors (Lipinski definition) is 5. The lowest BCUT2D eigenvalue weighted by Crippen LogP contribution is -2.31. The topological polar surface area (TPSA) is 100 Å². The number of aromatic nitrogens is 1. The summed E-state index contributed by atoms with van der Waals surface area (Å²) in [6.45, 7) is 1.45. The van der Waals surface area contributed by atoms with E-state index in [4.69, 9.17) is 0 Å². The third-order valence-corrected chi connectivity index (χ3v) is 5.82. The van der Waals surface area contributed by atoms with Crippen LogP contribution in [0.5, 0.6) is 0 Å². The summed E-state index contributed by atoms with van der Waals surface area (Å²) in [5.41, 5.74) is 2.76. The summed E-state index contributed by atoms with van der Waals surface area (Å²) in [7, 11) is 0. The Morgan fingerprint density at radius 1 is 0.909 bits per heavy atom. The van der Waals surface area contributed by atoms with Crippen molar-refractivity contribution in [3.8, 4) is 0 Å². The van der Waals surface area contributed by atoms with Crippen molar-refractivity contribution >= 4 is 50.1 Å². The van der Waals surface area contributed by atoms with Gasteiger partial charge in [0.05, 0.1) is 22.7 Å². The fourth-order valence-corrected chi connectivity index (χ4v) is 4.30. The van der Waals surface area contributed by atoms with Crippen molar-refractivity contribution in [2.24, 2.45) is 0 Å². The van der Waals surface area contributed by atoms with E-state index < -0.39 is 6.04 Å². The second-order valence-electron chi connectivity index (χ2n) is 7.44. The first kappa shape index (κ1) is 22.2. The van der Waals surface area contributed by atoms with Gasteiger partial charge in [-0.1, -0.05) is 59.9 Å². The smallest absolute Gasteiger partial charge is 0.251 e. The van der Waals surface area contributed by atoms with Crippen LogP contribution in [0, 0.1) is 0 Å². The van der Waals surface area contributed by atoms with Crippen molar-refractivity contribution in [3.63, 3.8) is 0 Å². The maximum atomic E-state index is 12.9. The molecule has 0 aliphatic heterocycles. The highest BCUT2D eigenvalue weighted by Gasteiger charge is 2.20. The first-order valence-electron chi connectivity index (χ1n) is 10.4. The molecule has 3 N–H and O–H groups in total. The molecule has 166 valence electrons. The Balaban J connectivity index is 1.48. The zero-order valence-corrected chi connectivity index (χ0v) is 18.7. The lowest BCUT2D eigenvalue weighted by atomic mass is 10.0. The van der Waals surface area contributed by atoms with E-state index in [1.807, 2.05) is 42.5 Å². The summed E-state index contributed by atoms with van der Waals surface area (Å²) >= 11 is 1.32. The van der Waals surface area contributed by atoms with Gasteiger partial charge in [0.15, 0.2) is 5.13 Å². The van der Waals surface area contributed by atoms with Gasteiger partial charge in [0.25, 0.3) is 5.91 Å². The van der Waals surface area contributed by atoms with Gasteiger partial charge in [-0.3, -0.25) is 14.4 Å². The van der Waals surface area contributed by atoms with E-state index in [0.717, 1.165) is 15.8 Å². The number of nitrogens with one attached hydrogen (secondary N) is 3. The van der Waals surface area contributed by atoms with E-state index in [2.05, 4.69) is 20.9 Å². The fourth-order valence-electron chi connectivity index (χ4n) is 3.38. The van der Waals surface area contributed by atoms with Crippen molar-refractivity contribution in [1.82, 2.24) is 10.3 Å². The van der Waals surface area contributed by atoms with Crippen molar-refractivity contribution in [2.45, 2.75) is 19.4 Å². The quantitative estimate of drug-likeness (QED) is 0.372. The Morgan fingerprint density at radius 2 is 1.61 bits per heavy atom. The average Bonchev–Trinajstić information content (AvgIpc) is 3.20. The molecule has 4 rings (SSSR count). The molecule has 0 aliphatic carbocycles. The number of benzene rings is 3. The summed E-state index contributed by atoms with van der Waals surface area (Å²) in [6.07, 6.45) is 0.0512. The monoisotopic (exact) mass is 458 g/mol. The molecule has 0 bridgehead atoms. The van der Waals surface area contributed by atoms with E-state index in [0.29, 0.717) is 16.4 Å². The van der Waals surface area contributed by atoms with Crippen LogP contribution in [0.2, 0.25) is 0 Å². The molecule has 8 heteroatoms. The Bertz CT molecular complexity index is 1290. The Morgan fingerprint density at radius 3 is 2.30 bits per heavy atom. The SMILES string of the molecule is CC(=O)Nc1ccc2nc(NC(=O)CC(NC(=O)c3ccccc3)c3ccccc3)sc2c1. The zero-order valence-electron chi connectivity index (χ0n) is 17.9. The molecule has 0 saturated heterocycles. The summed E-state index contributed by atoms with van der Waals surface area (Å²) < 4.78 is 0.841. The van der Waals surface area contributed by atoms with Crippen LogP contribution in [-0.4, -0.2) is 22.7 Å². The first-order valence-corrected chi connectivity index (χ1v) is 11.2. The minimum atomic E-state index is -0.500. The number of carbonyl (C=O) groups is 3. The van der Waals surface area contributed by atoms with Gasteiger partial charge in [-0.15, -0.1) is 0 Å². The number of thiazole rings is 1. The molecule has 0 saturated carbocycles. The minimum Gasteiger partial charge on any atom is -0.345 e. The van der Waals surface area contributed by atoms with Gasteiger partial charge in [-0.05, 0) is 35.9 Å². The van der Waals surface area contributed by atoms with Crippen molar-refractivity contribution < 1.29 is 14.4 Å². The Kier molecular flexibility index (Phi) is 6.75. The highest BCUT2D eigenvalue weighted by molar-refractivity contribution is 7.22. The van der Waals surface area contributed by atoms with Crippen LogP contribution in [0.15, 0.2) is 78.9 Å². The third kappa shape index (κ3) is 5.81. The molecule has 0 spiro atoms. The zero-order chi connectivity index (χ0) is 23.2. The van der Waals surface area contributed by atoms with Gasteiger partial charge in [-0.25, -0.2) is 4.98 Å². The van der Waals surface area contributed by atoms with Crippen LogP contribution < -0.4 is 16.0 Å². The number of anilines is 2. The van der Waals surface area contributed by atoms with E-state index in [1.54, 1.807) is 36.4 Å². The molecule has 4 aromatic rings. The molecule has 0 radical (unpaired) electrons. The normalized spacial score (nSPS) is 11.5. The van der Waals surface area contributed by atoms with Crippen LogP contribution >= 0.6 is 11.3 Å². The molecular weight excluding hydrogens is 436 g/mol. The molecule has 1 aromatic heterocycles. The predicted octanol–water partition coefficient (Wildman–Crippen LogP) is 4.75. The number of fused-ring (bicyclic) bond motifs is 1. The number of rotatable bonds is 7. The second kappa shape index (κ2) is 10.1. The van der Waals surface area contributed by atoms with E-state index in [9.17, 15) is 14.4 Å². The van der Waals surface area contributed by atoms with Gasteiger partial charge in [0.2, 0.25) is 11.8 Å². The van der Waals surface area contributed by atoms with E-state index >= 15 is 0 Å². The van der Waals surface area contributed by atoms with Crippen LogP contribution in [0.25, 0.3) is 10.2 Å². The summed E-state index contributed by atoms with van der Waals surface area (Å²) in [5, 5.41) is 8.99. The fraction of sp³-hybridized carbons (Fsp3) is 0.120. The van der Waals surface area contributed by atoms with Gasteiger partial charge < -0.3 is 16.0 Å². The number of amides is 3. The van der Waals surface area contributed by atoms with Crippen molar-refractivity contribution in [2.75, 3.05) is 10.6 Å². The van der Waals surface area contributed by atoms with E-state index in [-0.39, 0.29) is 24.1 Å². The van der Waals surface area contributed by atoms with Crippen LogP contribution in [-0.2, 0) is 9.59 Å². The van der Waals surface area contributed by atoms with Crippen LogP contribution in [0.3, 0.4) is 0 Å². The number of carbonyl (C=O) groups excluding carboxylic acids is 3. The molecule has 3 amide bonds. The Labute approximate surface area is 194 Å². The maximum absolute atomic E-state index is 12.9. The predicted molar refractivity (Wildman–Crippen MR) is 130 cm³/mol. The van der Waals surface area contributed by atoms with Gasteiger partial charge in [-0.2, -0.15) is 0 Å². The highest BCUT2D eigenvalue weighted by atomic mass is 32.1. The molecule has 1 heterocycles. The summed E-state index contributed by atoms with van der Waals surface area (Å²) in [4.78, 5) is 41.3. The largest absolute Gasteiger partial charge is 0.345 e. The third-order valence-electron chi connectivity index (χ3n) is 4.89. The number of hydrogen-bond donors (Lipinski definition) is 3. The standard InChI is InChI=1S/C25H22N4O3S/c1-16(30)26-19-12-13-20-22(14-19)33-25(28-20)29-23(31)15-21(17-8-4-2-5-9-17)27-24(32)18-10-6-3-7-11-18/h2-14,21H,15H2,1H3,(H,26,30)(H,27,32)(H,28,29,31). The molecular formula is C25H22N4O3S. The molecule has 1 atom stereocenters. The number of nitrogens with zero attached hydrogens (tertiary/aromatic N) is 1. The van der Waals surface area contributed by atoms with Crippen molar-refractivity contribution in [1.29, 1.82) is 0 Å². The van der Waals surface area contributed by atoms with Crippen LogP contribution in [0.4, 0.5) is 10.8 Å². The summed E-state index contributed by atoms with van der Waals surface area (Å²) in [5.74, 6) is -0.669.